The van der Waals surface area contributed by atoms with Crippen LogP contribution in [-0.4, -0.2) is 35.2 Å². The van der Waals surface area contributed by atoms with Gasteiger partial charge in [0.1, 0.15) is 0 Å². The highest BCUT2D eigenvalue weighted by Gasteiger charge is 2.32. The molecule has 1 aliphatic rings. The van der Waals surface area contributed by atoms with Crippen molar-refractivity contribution in [3.8, 4) is 0 Å². The fourth-order valence-corrected chi connectivity index (χ4v) is 2.15. The van der Waals surface area contributed by atoms with Gasteiger partial charge in [-0.15, -0.1) is 0 Å². The van der Waals surface area contributed by atoms with Gasteiger partial charge < -0.3 is 5.73 Å². The average molecular weight is 275 g/mol. The summed E-state index contributed by atoms with van der Waals surface area (Å²) in [5.41, 5.74) is 6.35. The van der Waals surface area contributed by atoms with Gasteiger partial charge in [-0.3, -0.25) is 24.6 Å². The summed E-state index contributed by atoms with van der Waals surface area (Å²) in [5, 5.41) is 2.91. The van der Waals surface area contributed by atoms with Crippen LogP contribution >= 0.6 is 0 Å². The molecule has 0 aliphatic carbocycles. The smallest absolute Gasteiger partial charge is 0.248 e. The number of hydrogen-bond acceptors (Lipinski definition) is 4. The molecule has 6 nitrogen and oxygen atoms in total. The maximum absolute atomic E-state index is 12.1. The highest BCUT2D eigenvalue weighted by Crippen LogP contribution is 2.12. The van der Waals surface area contributed by atoms with E-state index in [1.54, 1.807) is 24.3 Å². The minimum absolute atomic E-state index is 0.170. The van der Waals surface area contributed by atoms with Crippen LogP contribution in [0, 0.1) is 0 Å². The summed E-state index contributed by atoms with van der Waals surface area (Å²) >= 11 is 0. The summed E-state index contributed by atoms with van der Waals surface area (Å²) in [7, 11) is 0. The third-order valence-electron chi connectivity index (χ3n) is 3.35. The van der Waals surface area contributed by atoms with Gasteiger partial charge in [-0.25, -0.2) is 0 Å². The van der Waals surface area contributed by atoms with Crippen LogP contribution in [0.15, 0.2) is 24.3 Å². The van der Waals surface area contributed by atoms with Gasteiger partial charge in [0.2, 0.25) is 17.7 Å². The summed E-state index contributed by atoms with van der Waals surface area (Å²) in [5.74, 6) is -0.946. The van der Waals surface area contributed by atoms with E-state index in [-0.39, 0.29) is 30.9 Å². The standard InChI is InChI=1S/C14H17N3O3/c1-2-11-14(20)17(12(18)7-16-11)8-9-3-5-10(6-4-9)13(15)19/h3-6,11,16H,2,7-8H2,1H3,(H2,15,19). The Morgan fingerprint density at radius 3 is 2.55 bits per heavy atom. The molecule has 20 heavy (non-hydrogen) atoms. The molecule has 2 rings (SSSR count). The first-order valence-corrected chi connectivity index (χ1v) is 6.49. The third-order valence-corrected chi connectivity index (χ3v) is 3.35. The zero-order chi connectivity index (χ0) is 14.7. The quantitative estimate of drug-likeness (QED) is 0.758. The molecule has 0 spiro atoms. The number of carbonyl (C=O) groups excluding carboxylic acids is 3. The van der Waals surface area contributed by atoms with Gasteiger partial charge in [-0.1, -0.05) is 19.1 Å². The second kappa shape index (κ2) is 5.83. The summed E-state index contributed by atoms with van der Waals surface area (Å²) in [6.45, 7) is 2.28. The molecule has 3 amide bonds. The minimum atomic E-state index is -0.503. The summed E-state index contributed by atoms with van der Waals surface area (Å²) < 4.78 is 0. The van der Waals surface area contributed by atoms with Crippen molar-refractivity contribution in [2.75, 3.05) is 6.54 Å². The van der Waals surface area contributed by atoms with Crippen LogP contribution in [-0.2, 0) is 16.1 Å². The zero-order valence-corrected chi connectivity index (χ0v) is 11.3. The van der Waals surface area contributed by atoms with Crippen molar-refractivity contribution in [1.29, 1.82) is 0 Å². The van der Waals surface area contributed by atoms with Crippen LogP contribution in [0.4, 0.5) is 0 Å². The van der Waals surface area contributed by atoms with Crippen LogP contribution in [0.5, 0.6) is 0 Å². The first-order valence-electron chi connectivity index (χ1n) is 6.49. The van der Waals surface area contributed by atoms with E-state index in [0.717, 1.165) is 5.56 Å². The summed E-state index contributed by atoms with van der Waals surface area (Å²) in [6.07, 6.45) is 0.642. The Hall–Kier alpha value is -2.21. The molecule has 1 aliphatic heterocycles. The molecule has 1 aromatic rings. The fourth-order valence-electron chi connectivity index (χ4n) is 2.15. The first kappa shape index (κ1) is 14.2. The second-order valence-electron chi connectivity index (χ2n) is 4.72. The molecule has 1 aromatic carbocycles. The van der Waals surface area contributed by atoms with Gasteiger partial charge in [0, 0.05) is 5.56 Å². The average Bonchev–Trinajstić information content (AvgIpc) is 2.44. The predicted molar refractivity (Wildman–Crippen MR) is 72.6 cm³/mol. The van der Waals surface area contributed by atoms with E-state index in [0.29, 0.717) is 12.0 Å². The van der Waals surface area contributed by atoms with Crippen molar-refractivity contribution in [1.82, 2.24) is 10.2 Å². The first-order chi connectivity index (χ1) is 9.52. The molecule has 3 N–H and O–H groups in total. The Morgan fingerprint density at radius 1 is 1.35 bits per heavy atom. The number of hydrogen-bond donors (Lipinski definition) is 2. The van der Waals surface area contributed by atoms with Crippen molar-refractivity contribution in [3.63, 3.8) is 0 Å². The van der Waals surface area contributed by atoms with E-state index < -0.39 is 5.91 Å². The molecule has 106 valence electrons. The van der Waals surface area contributed by atoms with Crippen molar-refractivity contribution in [2.24, 2.45) is 5.73 Å². The number of nitrogens with zero attached hydrogens (tertiary/aromatic N) is 1. The molecular formula is C14H17N3O3. The van der Waals surface area contributed by atoms with E-state index in [2.05, 4.69) is 5.32 Å². The lowest BCUT2D eigenvalue weighted by Gasteiger charge is -2.31. The van der Waals surface area contributed by atoms with Gasteiger partial charge in [0.05, 0.1) is 19.1 Å². The van der Waals surface area contributed by atoms with Crippen LogP contribution in [0.25, 0.3) is 0 Å². The Labute approximate surface area is 116 Å². The second-order valence-corrected chi connectivity index (χ2v) is 4.72. The molecule has 1 heterocycles. The fraction of sp³-hybridized carbons (Fsp3) is 0.357. The van der Waals surface area contributed by atoms with Crippen LogP contribution in [0.2, 0.25) is 0 Å². The van der Waals surface area contributed by atoms with Crippen molar-refractivity contribution < 1.29 is 14.4 Å². The molecule has 1 saturated heterocycles. The maximum atomic E-state index is 12.1. The SMILES string of the molecule is CCC1NCC(=O)N(Cc2ccc(C(N)=O)cc2)C1=O. The Bertz CT molecular complexity index is 539. The molecule has 1 atom stereocenters. The number of rotatable bonds is 4. The molecular weight excluding hydrogens is 258 g/mol. The molecule has 1 unspecified atom stereocenters. The van der Waals surface area contributed by atoms with Crippen LogP contribution in [0.1, 0.15) is 29.3 Å². The number of piperazine rings is 1. The topological polar surface area (TPSA) is 92.5 Å². The molecule has 1 fully saturated rings. The molecule has 0 saturated carbocycles. The minimum Gasteiger partial charge on any atom is -0.366 e. The monoisotopic (exact) mass is 275 g/mol. The van der Waals surface area contributed by atoms with Crippen LogP contribution in [0.3, 0.4) is 0 Å². The lowest BCUT2D eigenvalue weighted by molar-refractivity contribution is -0.150. The van der Waals surface area contributed by atoms with Gasteiger partial charge >= 0.3 is 0 Å². The maximum Gasteiger partial charge on any atom is 0.248 e. The van der Waals surface area contributed by atoms with E-state index in [9.17, 15) is 14.4 Å². The number of nitrogens with one attached hydrogen (secondary N) is 1. The Balaban J connectivity index is 2.13. The van der Waals surface area contributed by atoms with Gasteiger partial charge in [0.15, 0.2) is 0 Å². The van der Waals surface area contributed by atoms with Gasteiger partial charge in [-0.2, -0.15) is 0 Å². The number of primary amides is 1. The van der Waals surface area contributed by atoms with Gasteiger partial charge in [-0.05, 0) is 24.1 Å². The number of nitrogens with two attached hydrogens (primary N) is 1. The largest absolute Gasteiger partial charge is 0.366 e. The molecule has 0 radical (unpaired) electrons. The van der Waals surface area contributed by atoms with Crippen molar-refractivity contribution in [2.45, 2.75) is 25.9 Å². The molecule has 0 aromatic heterocycles. The normalized spacial score (nSPS) is 19.2. The number of amides is 3. The highest BCUT2D eigenvalue weighted by molar-refractivity contribution is 6.01. The Kier molecular flexibility index (Phi) is 4.14. The highest BCUT2D eigenvalue weighted by atomic mass is 16.2. The van der Waals surface area contributed by atoms with Crippen molar-refractivity contribution >= 4 is 17.7 Å². The van der Waals surface area contributed by atoms with E-state index in [4.69, 9.17) is 5.73 Å². The zero-order valence-electron chi connectivity index (χ0n) is 11.3. The lowest BCUT2D eigenvalue weighted by Crippen LogP contribution is -2.57. The van der Waals surface area contributed by atoms with E-state index in [1.807, 2.05) is 6.92 Å². The Morgan fingerprint density at radius 2 is 2.00 bits per heavy atom. The van der Waals surface area contributed by atoms with Gasteiger partial charge in [0.25, 0.3) is 0 Å². The van der Waals surface area contributed by atoms with Crippen LogP contribution < -0.4 is 11.1 Å². The molecule has 0 bridgehead atoms. The number of benzene rings is 1. The predicted octanol–water partition coefficient (Wildman–Crippen LogP) is 0.0225. The van der Waals surface area contributed by atoms with E-state index in [1.165, 1.54) is 4.90 Å². The third kappa shape index (κ3) is 2.85. The summed E-state index contributed by atoms with van der Waals surface area (Å²) in [4.78, 5) is 36.2. The number of imide groups is 1. The summed E-state index contributed by atoms with van der Waals surface area (Å²) in [6, 6.07) is 6.27. The number of carbonyl (C=O) groups is 3. The molecule has 6 heteroatoms. The van der Waals surface area contributed by atoms with Crippen molar-refractivity contribution in [3.05, 3.63) is 35.4 Å². The van der Waals surface area contributed by atoms with E-state index >= 15 is 0 Å². The lowest BCUT2D eigenvalue weighted by atomic mass is 10.1.